The van der Waals surface area contributed by atoms with Crippen LogP contribution in [0.4, 0.5) is 13.2 Å². The molecule has 1 aromatic rings. The predicted octanol–water partition coefficient (Wildman–Crippen LogP) is 1.68. The van der Waals surface area contributed by atoms with Gasteiger partial charge < -0.3 is 0 Å². The fourth-order valence-electron chi connectivity index (χ4n) is 0.692. The molecule has 0 unspecified atom stereocenters. The van der Waals surface area contributed by atoms with Crippen molar-refractivity contribution in [3.63, 3.8) is 0 Å². The van der Waals surface area contributed by atoms with Crippen LogP contribution < -0.4 is 0 Å². The maximum atomic E-state index is 12.0. The average Bonchev–Trinajstić information content (AvgIpc) is 2.03. The number of hydrogen-bond acceptors (Lipinski definition) is 3. The topological polar surface area (TPSA) is 49.6 Å². The Balaban J connectivity index is 3.24. The zero-order valence-corrected chi connectivity index (χ0v) is 6.55. The molecule has 0 atom stereocenters. The summed E-state index contributed by atoms with van der Waals surface area (Å²) in [5, 5.41) is 8.40. The Morgan fingerprint density at radius 2 is 2.08 bits per heavy atom. The van der Waals surface area contributed by atoms with Crippen LogP contribution in [-0.4, -0.2) is 9.97 Å². The normalized spacial score (nSPS) is 11.0. The second kappa shape index (κ2) is 3.01. The molecule has 0 amide bonds. The van der Waals surface area contributed by atoms with E-state index in [1.807, 2.05) is 0 Å². The Kier molecular flexibility index (Phi) is 2.19. The minimum Gasteiger partial charge on any atom is -0.233 e. The van der Waals surface area contributed by atoms with Crippen LogP contribution in [0.1, 0.15) is 17.1 Å². The third-order valence-corrected chi connectivity index (χ3v) is 1.33. The van der Waals surface area contributed by atoms with Gasteiger partial charge in [0.25, 0.3) is 0 Å². The predicted molar refractivity (Wildman–Crippen MR) is 36.5 cm³/mol. The third kappa shape index (κ3) is 1.93. The van der Waals surface area contributed by atoms with Gasteiger partial charge in [-0.1, -0.05) is 0 Å². The van der Waals surface area contributed by atoms with E-state index in [2.05, 4.69) is 9.97 Å². The van der Waals surface area contributed by atoms with Crippen molar-refractivity contribution < 1.29 is 13.2 Å². The number of alkyl halides is 3. The van der Waals surface area contributed by atoms with E-state index < -0.39 is 12.0 Å². The second-order valence-electron chi connectivity index (χ2n) is 2.33. The Hall–Kier alpha value is -1.64. The monoisotopic (exact) mass is 187 g/mol. The van der Waals surface area contributed by atoms with Gasteiger partial charge in [0.05, 0.1) is 0 Å². The van der Waals surface area contributed by atoms with Gasteiger partial charge in [-0.05, 0) is 6.92 Å². The molecule has 0 aliphatic carbocycles. The largest absolute Gasteiger partial charge is 0.451 e. The van der Waals surface area contributed by atoms with Crippen LogP contribution in [0.15, 0.2) is 6.20 Å². The van der Waals surface area contributed by atoms with E-state index in [-0.39, 0.29) is 5.69 Å². The summed E-state index contributed by atoms with van der Waals surface area (Å²) < 4.78 is 36.0. The highest BCUT2D eigenvalue weighted by Gasteiger charge is 2.34. The molecular formula is C7H4F3N3. The van der Waals surface area contributed by atoms with Crippen LogP contribution in [0, 0.1) is 18.3 Å². The van der Waals surface area contributed by atoms with E-state index in [1.54, 1.807) is 6.07 Å². The molecule has 0 N–H and O–H groups in total. The molecule has 1 aromatic heterocycles. The fraction of sp³-hybridized carbons (Fsp3) is 0.286. The summed E-state index contributed by atoms with van der Waals surface area (Å²) in [5.74, 6) is -1.28. The molecule has 13 heavy (non-hydrogen) atoms. The van der Waals surface area contributed by atoms with Crippen molar-refractivity contribution in [2.45, 2.75) is 13.1 Å². The molecule has 0 aromatic carbocycles. The lowest BCUT2D eigenvalue weighted by molar-refractivity contribution is -0.145. The van der Waals surface area contributed by atoms with E-state index in [4.69, 9.17) is 5.26 Å². The molecule has 0 radical (unpaired) electrons. The molecule has 1 rings (SSSR count). The van der Waals surface area contributed by atoms with Gasteiger partial charge in [0.2, 0.25) is 5.82 Å². The van der Waals surface area contributed by atoms with Gasteiger partial charge in [0.1, 0.15) is 11.8 Å². The van der Waals surface area contributed by atoms with E-state index in [9.17, 15) is 13.2 Å². The number of aromatic nitrogens is 2. The van der Waals surface area contributed by atoms with Gasteiger partial charge in [-0.25, -0.2) is 9.97 Å². The highest BCUT2D eigenvalue weighted by Crippen LogP contribution is 2.25. The van der Waals surface area contributed by atoms with Crippen LogP contribution in [0.25, 0.3) is 0 Å². The molecule has 0 spiro atoms. The lowest BCUT2D eigenvalue weighted by atomic mass is 10.3. The maximum absolute atomic E-state index is 12.0. The third-order valence-electron chi connectivity index (χ3n) is 1.33. The standard InChI is InChI=1S/C7H4F3N3/c1-4-3-12-6(7(8,9)10)13-5(4)2-11/h3H,1H3. The van der Waals surface area contributed by atoms with Crippen LogP contribution in [0.2, 0.25) is 0 Å². The van der Waals surface area contributed by atoms with Gasteiger partial charge in [-0.15, -0.1) is 0 Å². The molecule has 0 saturated heterocycles. The minimum absolute atomic E-state index is 0.248. The lowest BCUT2D eigenvalue weighted by Gasteiger charge is -2.04. The summed E-state index contributed by atoms with van der Waals surface area (Å²) in [6.45, 7) is 1.47. The van der Waals surface area contributed by atoms with Crippen LogP contribution in [0.3, 0.4) is 0 Å². The Bertz CT molecular complexity index is 364. The molecule has 3 nitrogen and oxygen atoms in total. The molecule has 0 saturated carbocycles. The summed E-state index contributed by atoms with van der Waals surface area (Å²) in [7, 11) is 0. The van der Waals surface area contributed by atoms with Crippen molar-refractivity contribution in [3.8, 4) is 6.07 Å². The van der Waals surface area contributed by atoms with Crippen molar-refractivity contribution in [2.75, 3.05) is 0 Å². The van der Waals surface area contributed by atoms with Gasteiger partial charge in [-0.3, -0.25) is 0 Å². The molecule has 6 heteroatoms. The number of halogens is 3. The van der Waals surface area contributed by atoms with Gasteiger partial charge >= 0.3 is 6.18 Å². The first-order valence-corrected chi connectivity index (χ1v) is 3.26. The van der Waals surface area contributed by atoms with Crippen LogP contribution >= 0.6 is 0 Å². The van der Waals surface area contributed by atoms with E-state index in [1.165, 1.54) is 6.92 Å². The Morgan fingerprint density at radius 1 is 1.46 bits per heavy atom. The van der Waals surface area contributed by atoms with Crippen molar-refractivity contribution in [2.24, 2.45) is 0 Å². The first-order chi connectivity index (χ1) is 5.95. The molecule has 1 heterocycles. The fourth-order valence-corrected chi connectivity index (χ4v) is 0.692. The Morgan fingerprint density at radius 3 is 2.54 bits per heavy atom. The highest BCUT2D eigenvalue weighted by atomic mass is 19.4. The molecule has 68 valence electrons. The quantitative estimate of drug-likeness (QED) is 0.620. The number of rotatable bonds is 0. The average molecular weight is 187 g/mol. The van der Waals surface area contributed by atoms with Crippen molar-refractivity contribution >= 4 is 0 Å². The summed E-state index contributed by atoms with van der Waals surface area (Å²) in [6, 6.07) is 1.56. The smallest absolute Gasteiger partial charge is 0.233 e. The van der Waals surface area contributed by atoms with Crippen molar-refractivity contribution in [1.82, 2.24) is 9.97 Å². The molecule has 0 aliphatic rings. The molecule has 0 fully saturated rings. The lowest BCUT2D eigenvalue weighted by Crippen LogP contribution is -2.12. The second-order valence-corrected chi connectivity index (χ2v) is 2.33. The van der Waals surface area contributed by atoms with Gasteiger partial charge in [-0.2, -0.15) is 18.4 Å². The van der Waals surface area contributed by atoms with Crippen LogP contribution in [-0.2, 0) is 6.18 Å². The number of nitriles is 1. The van der Waals surface area contributed by atoms with E-state index in [0.717, 1.165) is 6.20 Å². The number of aryl methyl sites for hydroxylation is 1. The van der Waals surface area contributed by atoms with Gasteiger partial charge in [0, 0.05) is 11.8 Å². The SMILES string of the molecule is Cc1cnc(C(F)(F)F)nc1C#N. The first kappa shape index (κ1) is 9.45. The first-order valence-electron chi connectivity index (χ1n) is 3.26. The summed E-state index contributed by atoms with van der Waals surface area (Å²) in [4.78, 5) is 6.14. The summed E-state index contributed by atoms with van der Waals surface area (Å²) in [6.07, 6.45) is -3.62. The zero-order chi connectivity index (χ0) is 10.1. The minimum atomic E-state index is -4.60. The number of nitrogens with zero attached hydrogens (tertiary/aromatic N) is 3. The Labute approximate surface area is 71.9 Å². The summed E-state index contributed by atoms with van der Waals surface area (Å²) in [5.41, 5.74) is 0.0813. The van der Waals surface area contributed by atoms with Gasteiger partial charge in [0.15, 0.2) is 0 Å². The zero-order valence-electron chi connectivity index (χ0n) is 6.55. The highest BCUT2D eigenvalue weighted by molar-refractivity contribution is 5.28. The molecule has 0 aliphatic heterocycles. The molecular weight excluding hydrogens is 183 g/mol. The van der Waals surface area contributed by atoms with Crippen molar-refractivity contribution in [1.29, 1.82) is 5.26 Å². The van der Waals surface area contributed by atoms with E-state index >= 15 is 0 Å². The molecule has 0 bridgehead atoms. The maximum Gasteiger partial charge on any atom is 0.451 e. The summed E-state index contributed by atoms with van der Waals surface area (Å²) >= 11 is 0. The number of hydrogen-bond donors (Lipinski definition) is 0. The van der Waals surface area contributed by atoms with Crippen LogP contribution in [0.5, 0.6) is 0 Å². The van der Waals surface area contributed by atoms with E-state index in [0.29, 0.717) is 5.56 Å². The van der Waals surface area contributed by atoms with Crippen molar-refractivity contribution in [3.05, 3.63) is 23.3 Å².